The zero-order valence-corrected chi connectivity index (χ0v) is 14.8. The Bertz CT molecular complexity index is 1180. The SMILES string of the molecule is O=C(O)CNC(=O)c1c(=O)oc(O)c2ccc(-c3ccc(OC(F)(F)F)cc3)cc12. The third-order valence-electron chi connectivity index (χ3n) is 3.96. The van der Waals surface area contributed by atoms with E-state index in [1.54, 1.807) is 0 Å². The van der Waals surface area contributed by atoms with Gasteiger partial charge in [-0.15, -0.1) is 13.2 Å². The van der Waals surface area contributed by atoms with Crippen LogP contribution >= 0.6 is 0 Å². The van der Waals surface area contributed by atoms with Crippen molar-refractivity contribution in [2.45, 2.75) is 6.36 Å². The number of fused-ring (bicyclic) bond motifs is 1. The molecule has 1 heterocycles. The Morgan fingerprint density at radius 2 is 1.67 bits per heavy atom. The highest BCUT2D eigenvalue weighted by Gasteiger charge is 2.31. The second-order valence-corrected chi connectivity index (χ2v) is 5.98. The van der Waals surface area contributed by atoms with Crippen molar-refractivity contribution in [3.63, 3.8) is 0 Å². The number of aromatic hydroxyl groups is 1. The largest absolute Gasteiger partial charge is 0.573 e. The summed E-state index contributed by atoms with van der Waals surface area (Å²) in [5.41, 5.74) is -0.883. The zero-order valence-electron chi connectivity index (χ0n) is 14.8. The molecule has 0 aliphatic heterocycles. The third kappa shape index (κ3) is 4.51. The standard InChI is InChI=1S/C19H12F3NO7/c20-19(21,22)30-11-4-1-9(2-5-11)10-3-6-12-13(7-10)15(18(28)29-17(12)27)16(26)23-8-14(24)25/h1-7,27H,8H2,(H,23,26)(H,24,25). The Morgan fingerprint density at radius 3 is 2.27 bits per heavy atom. The van der Waals surface area contributed by atoms with Gasteiger partial charge in [0, 0.05) is 5.39 Å². The maximum Gasteiger partial charge on any atom is 0.573 e. The van der Waals surface area contributed by atoms with Gasteiger partial charge in [-0.1, -0.05) is 18.2 Å². The molecule has 1 amide bonds. The van der Waals surface area contributed by atoms with E-state index in [0.29, 0.717) is 11.1 Å². The molecule has 0 aliphatic carbocycles. The molecule has 8 nitrogen and oxygen atoms in total. The summed E-state index contributed by atoms with van der Waals surface area (Å²) in [6.07, 6.45) is -4.84. The molecule has 3 rings (SSSR count). The number of carbonyl (C=O) groups excluding carboxylic acids is 1. The van der Waals surface area contributed by atoms with Crippen LogP contribution in [0.1, 0.15) is 10.4 Å². The first-order valence-electron chi connectivity index (χ1n) is 8.21. The molecule has 11 heteroatoms. The lowest BCUT2D eigenvalue weighted by Gasteiger charge is -2.11. The van der Waals surface area contributed by atoms with Gasteiger partial charge in [0.15, 0.2) is 0 Å². The summed E-state index contributed by atoms with van der Waals surface area (Å²) in [6.45, 7) is -0.749. The second kappa shape index (κ2) is 7.78. The molecule has 0 radical (unpaired) electrons. The maximum atomic E-state index is 12.3. The molecule has 0 saturated carbocycles. The van der Waals surface area contributed by atoms with Crippen LogP contribution in [0.25, 0.3) is 21.9 Å². The molecule has 0 fully saturated rings. The minimum absolute atomic E-state index is 0.0100. The Kier molecular flexibility index (Phi) is 5.37. The van der Waals surface area contributed by atoms with Gasteiger partial charge in [-0.2, -0.15) is 0 Å². The summed E-state index contributed by atoms with van der Waals surface area (Å²) in [5.74, 6) is -3.54. The highest BCUT2D eigenvalue weighted by atomic mass is 19.4. The number of amides is 1. The van der Waals surface area contributed by atoms with Gasteiger partial charge >= 0.3 is 18.0 Å². The lowest BCUT2D eigenvalue weighted by Crippen LogP contribution is -2.32. The number of nitrogens with one attached hydrogen (secondary N) is 1. The van der Waals surface area contributed by atoms with E-state index >= 15 is 0 Å². The lowest BCUT2D eigenvalue weighted by molar-refractivity contribution is -0.274. The van der Waals surface area contributed by atoms with Gasteiger partial charge in [0.25, 0.3) is 11.9 Å². The minimum atomic E-state index is -4.84. The number of halogens is 3. The summed E-state index contributed by atoms with van der Waals surface area (Å²) < 4.78 is 45.3. The van der Waals surface area contributed by atoms with Crippen LogP contribution < -0.4 is 15.7 Å². The first-order valence-corrected chi connectivity index (χ1v) is 8.21. The van der Waals surface area contributed by atoms with Crippen LogP contribution in [-0.2, 0) is 4.79 Å². The summed E-state index contributed by atoms with van der Waals surface area (Å²) in [6, 6.07) is 9.02. The molecule has 0 atom stereocenters. The van der Waals surface area contributed by atoms with Gasteiger partial charge in [-0.25, -0.2) is 4.79 Å². The van der Waals surface area contributed by atoms with Crippen molar-refractivity contribution in [2.75, 3.05) is 6.54 Å². The third-order valence-corrected chi connectivity index (χ3v) is 3.96. The molecular weight excluding hydrogens is 411 g/mol. The second-order valence-electron chi connectivity index (χ2n) is 5.98. The number of alkyl halides is 3. The van der Waals surface area contributed by atoms with E-state index < -0.39 is 47.7 Å². The van der Waals surface area contributed by atoms with Gasteiger partial charge in [-0.05, 0) is 35.4 Å². The number of hydrogen-bond donors (Lipinski definition) is 3. The molecule has 0 saturated heterocycles. The van der Waals surface area contributed by atoms with Crippen molar-refractivity contribution >= 4 is 22.6 Å². The van der Waals surface area contributed by atoms with Gasteiger partial charge in [-0.3, -0.25) is 9.59 Å². The fourth-order valence-electron chi connectivity index (χ4n) is 2.73. The first kappa shape index (κ1) is 20.7. The first-order chi connectivity index (χ1) is 14.0. The smallest absolute Gasteiger partial charge is 0.480 e. The molecule has 3 N–H and O–H groups in total. The molecule has 0 spiro atoms. The number of aliphatic carboxylic acids is 1. The number of ether oxygens (including phenoxy) is 1. The average molecular weight is 423 g/mol. The Balaban J connectivity index is 2.06. The van der Waals surface area contributed by atoms with E-state index in [0.717, 1.165) is 12.1 Å². The quantitative estimate of drug-likeness (QED) is 0.576. The van der Waals surface area contributed by atoms with Crippen LogP contribution in [0, 0.1) is 0 Å². The molecule has 0 bridgehead atoms. The highest BCUT2D eigenvalue weighted by Crippen LogP contribution is 2.31. The number of hydrogen-bond acceptors (Lipinski definition) is 6. The summed E-state index contributed by atoms with van der Waals surface area (Å²) in [5, 5.41) is 20.6. The average Bonchev–Trinajstić information content (AvgIpc) is 2.65. The minimum Gasteiger partial charge on any atom is -0.480 e. The molecular formula is C19H12F3NO7. The van der Waals surface area contributed by atoms with E-state index in [1.165, 1.54) is 30.3 Å². The fourth-order valence-corrected chi connectivity index (χ4v) is 2.73. The molecule has 1 aromatic heterocycles. The summed E-state index contributed by atoms with van der Waals surface area (Å²) in [7, 11) is 0. The number of carbonyl (C=O) groups is 2. The molecule has 2 aromatic carbocycles. The predicted octanol–water partition coefficient (Wildman–Crippen LogP) is 2.88. The van der Waals surface area contributed by atoms with Crippen molar-refractivity contribution in [3.8, 4) is 22.8 Å². The van der Waals surface area contributed by atoms with Crippen LogP contribution in [0.4, 0.5) is 13.2 Å². The lowest BCUT2D eigenvalue weighted by atomic mass is 9.99. The van der Waals surface area contributed by atoms with E-state index in [-0.39, 0.29) is 10.8 Å². The van der Waals surface area contributed by atoms with E-state index in [4.69, 9.17) is 5.11 Å². The Labute approximate surface area is 165 Å². The van der Waals surface area contributed by atoms with Gasteiger partial charge in [0.2, 0.25) is 0 Å². The van der Waals surface area contributed by atoms with Gasteiger partial charge in [0.05, 0.1) is 5.39 Å². The molecule has 0 unspecified atom stereocenters. The number of benzene rings is 2. The van der Waals surface area contributed by atoms with Crippen molar-refractivity contribution in [3.05, 3.63) is 58.4 Å². The van der Waals surface area contributed by atoms with Gasteiger partial charge in [0.1, 0.15) is 17.9 Å². The van der Waals surface area contributed by atoms with Crippen molar-refractivity contribution < 1.29 is 42.1 Å². The fraction of sp³-hybridized carbons (Fsp3) is 0.105. The Hall–Kier alpha value is -4.02. The van der Waals surface area contributed by atoms with E-state index in [9.17, 15) is 32.7 Å². The zero-order chi connectivity index (χ0) is 22.1. The molecule has 0 aliphatic rings. The maximum absolute atomic E-state index is 12.3. The van der Waals surface area contributed by atoms with E-state index in [1.807, 2.05) is 5.32 Å². The van der Waals surface area contributed by atoms with Crippen molar-refractivity contribution in [1.82, 2.24) is 5.32 Å². The molecule has 30 heavy (non-hydrogen) atoms. The predicted molar refractivity (Wildman–Crippen MR) is 96.2 cm³/mol. The topological polar surface area (TPSA) is 126 Å². The monoisotopic (exact) mass is 423 g/mol. The van der Waals surface area contributed by atoms with Gasteiger partial charge < -0.3 is 24.7 Å². The van der Waals surface area contributed by atoms with Crippen molar-refractivity contribution in [1.29, 1.82) is 0 Å². The number of rotatable bonds is 5. The summed E-state index contributed by atoms with van der Waals surface area (Å²) >= 11 is 0. The van der Waals surface area contributed by atoms with Crippen LogP contribution in [-0.4, -0.2) is 35.0 Å². The van der Waals surface area contributed by atoms with Crippen molar-refractivity contribution in [2.24, 2.45) is 0 Å². The van der Waals surface area contributed by atoms with Crippen LogP contribution in [0.15, 0.2) is 51.7 Å². The summed E-state index contributed by atoms with van der Waals surface area (Å²) in [4.78, 5) is 35.0. The van der Waals surface area contributed by atoms with Crippen LogP contribution in [0.3, 0.4) is 0 Å². The van der Waals surface area contributed by atoms with E-state index in [2.05, 4.69) is 9.15 Å². The van der Waals surface area contributed by atoms with Crippen LogP contribution in [0.5, 0.6) is 11.7 Å². The number of carboxylic acids is 1. The Morgan fingerprint density at radius 1 is 1.03 bits per heavy atom. The normalized spacial score (nSPS) is 11.3. The highest BCUT2D eigenvalue weighted by molar-refractivity contribution is 6.08. The van der Waals surface area contributed by atoms with Crippen LogP contribution in [0.2, 0.25) is 0 Å². The number of carboxylic acid groups (broad SMARTS) is 1. The molecule has 156 valence electrons. The molecule has 3 aromatic rings.